The van der Waals surface area contributed by atoms with Crippen molar-refractivity contribution in [2.45, 2.75) is 67.5 Å². The van der Waals surface area contributed by atoms with E-state index in [1.54, 1.807) is 0 Å². The molecule has 2 N–H and O–H groups in total. The molecule has 0 aliphatic heterocycles. The Labute approximate surface area is 158 Å². The molecule has 0 heterocycles. The summed E-state index contributed by atoms with van der Waals surface area (Å²) in [5.74, 6) is 0. The molecule has 0 bridgehead atoms. The molecule has 0 amide bonds. The molecule has 0 aliphatic rings. The average Bonchev–Trinajstić information content (AvgIpc) is 2.51. The first-order valence-electron chi connectivity index (χ1n) is 7.58. The van der Waals surface area contributed by atoms with Crippen molar-refractivity contribution in [2.24, 2.45) is 0 Å². The first-order chi connectivity index (χ1) is 13.0. The van der Waals surface area contributed by atoms with Gasteiger partial charge >= 0.3 is 30.4 Å². The Kier molecular flexibility index (Phi) is 8.84. The molecule has 0 radical (unpaired) electrons. The van der Waals surface area contributed by atoms with Gasteiger partial charge in [0.05, 0.1) is 25.4 Å². The van der Waals surface area contributed by atoms with Crippen LogP contribution in [-0.4, -0.2) is 71.7 Å². The van der Waals surface area contributed by atoms with Gasteiger partial charge in [0, 0.05) is 12.8 Å². The maximum atomic E-state index is 13.5. The maximum Gasteiger partial charge on any atom is 0.431 e. The summed E-state index contributed by atoms with van der Waals surface area (Å²) in [6, 6.07) is 0. The van der Waals surface area contributed by atoms with Gasteiger partial charge < -0.3 is 14.9 Å². The van der Waals surface area contributed by atoms with Crippen LogP contribution in [0, 0.1) is 0 Å². The van der Waals surface area contributed by atoms with Crippen LogP contribution in [0.4, 0.5) is 61.5 Å². The van der Waals surface area contributed by atoms with Crippen molar-refractivity contribution in [1.82, 2.24) is 0 Å². The first kappa shape index (κ1) is 28.9. The number of aliphatic hydroxyl groups excluding tert-OH is 2. The van der Waals surface area contributed by atoms with Crippen LogP contribution >= 0.6 is 0 Å². The summed E-state index contributed by atoms with van der Waals surface area (Å²) in [6.45, 7) is -3.22. The Morgan fingerprint density at radius 3 is 1.30 bits per heavy atom. The van der Waals surface area contributed by atoms with Gasteiger partial charge in [-0.25, -0.2) is 8.78 Å². The summed E-state index contributed by atoms with van der Waals surface area (Å²) in [7, 11) is 0. The molecule has 17 heteroatoms. The molecule has 2 atom stereocenters. The Hall–Kier alpha value is -1.10. The molecule has 0 saturated heterocycles. The molecule has 3 nitrogen and oxygen atoms in total. The molecule has 0 fully saturated rings. The predicted octanol–water partition coefficient (Wildman–Crippen LogP) is 4.56. The number of rotatable bonds is 9. The number of hydrogen-bond acceptors (Lipinski definition) is 3. The van der Waals surface area contributed by atoms with E-state index in [1.165, 1.54) is 0 Å². The van der Waals surface area contributed by atoms with E-state index in [-0.39, 0.29) is 0 Å². The molecule has 2 unspecified atom stereocenters. The van der Waals surface area contributed by atoms with Gasteiger partial charge in [0.1, 0.15) is 0 Å². The zero-order valence-electron chi connectivity index (χ0n) is 14.3. The van der Waals surface area contributed by atoms with Crippen molar-refractivity contribution in [1.29, 1.82) is 0 Å². The van der Waals surface area contributed by atoms with Crippen LogP contribution in [-0.2, 0) is 4.74 Å². The van der Waals surface area contributed by atoms with E-state index in [4.69, 9.17) is 5.11 Å². The zero-order chi connectivity index (χ0) is 24.4. The second-order valence-electron chi connectivity index (χ2n) is 6.13. The third kappa shape index (κ3) is 6.45. The third-order valence-corrected chi connectivity index (χ3v) is 3.86. The lowest BCUT2D eigenvalue weighted by atomic mass is 9.95. The van der Waals surface area contributed by atoms with E-state index < -0.39 is 80.7 Å². The lowest BCUT2D eigenvalue weighted by Crippen LogP contribution is -2.55. The smallest absolute Gasteiger partial charge is 0.394 e. The molecule has 0 saturated carbocycles. The number of ether oxygens (including phenoxy) is 1. The molecule has 30 heavy (non-hydrogen) atoms. The number of aliphatic hydroxyl groups is 2. The molecule has 0 spiro atoms. The molecule has 0 aromatic carbocycles. The normalized spacial score (nSPS) is 17.2. The van der Waals surface area contributed by atoms with Gasteiger partial charge in [0.2, 0.25) is 0 Å². The van der Waals surface area contributed by atoms with E-state index in [9.17, 15) is 66.6 Å². The fraction of sp³-hybridized carbons (Fsp3) is 1.00. The Balaban J connectivity index is 5.13. The van der Waals surface area contributed by atoms with Crippen LogP contribution in [0.5, 0.6) is 0 Å². The third-order valence-electron chi connectivity index (χ3n) is 3.86. The minimum atomic E-state index is -6.52. The summed E-state index contributed by atoms with van der Waals surface area (Å²) in [4.78, 5) is 0. The van der Waals surface area contributed by atoms with Crippen molar-refractivity contribution in [2.75, 3.05) is 13.2 Å². The van der Waals surface area contributed by atoms with E-state index in [0.29, 0.717) is 0 Å². The van der Waals surface area contributed by atoms with Gasteiger partial charge in [-0.05, 0) is 6.42 Å². The summed E-state index contributed by atoms with van der Waals surface area (Å²) >= 11 is 0. The monoisotopic (exact) mass is 484 g/mol. The van der Waals surface area contributed by atoms with Gasteiger partial charge in [-0.1, -0.05) is 0 Å². The van der Waals surface area contributed by atoms with E-state index in [0.717, 1.165) is 0 Å². The van der Waals surface area contributed by atoms with Crippen molar-refractivity contribution in [3.8, 4) is 0 Å². The summed E-state index contributed by atoms with van der Waals surface area (Å²) < 4.78 is 180. The molecule has 0 aliphatic carbocycles. The fourth-order valence-electron chi connectivity index (χ4n) is 2.02. The zero-order valence-corrected chi connectivity index (χ0v) is 14.3. The fourth-order valence-corrected chi connectivity index (χ4v) is 2.02. The topological polar surface area (TPSA) is 49.7 Å². The van der Waals surface area contributed by atoms with Crippen LogP contribution in [0.2, 0.25) is 0 Å². The molecular formula is C13H14F14O3. The largest absolute Gasteiger partial charge is 0.431 e. The highest BCUT2D eigenvalue weighted by atomic mass is 19.4. The van der Waals surface area contributed by atoms with E-state index >= 15 is 0 Å². The Bertz CT molecular complexity index is 507. The second-order valence-corrected chi connectivity index (χ2v) is 6.13. The van der Waals surface area contributed by atoms with E-state index in [1.807, 2.05) is 0 Å². The molecule has 182 valence electrons. The second kappa shape index (κ2) is 9.18. The number of hydrogen-bond donors (Lipinski definition) is 2. The van der Waals surface area contributed by atoms with Crippen LogP contribution in [0.25, 0.3) is 0 Å². The van der Waals surface area contributed by atoms with Gasteiger partial charge in [-0.15, -0.1) is 0 Å². The number of halogens is 14. The van der Waals surface area contributed by atoms with Crippen molar-refractivity contribution in [3.05, 3.63) is 0 Å². The molecule has 0 aromatic heterocycles. The van der Waals surface area contributed by atoms with Crippen molar-refractivity contribution >= 4 is 0 Å². The standard InChI is InChI=1S/C13H14F14O3/c14-8(10(16,17)18,11(19,20)21)2-1-6(29)5-30-7(4-28)3-9(15,12(22,23)24)13(25,26)27/h6-7,28-29H,1-5H2. The van der Waals surface area contributed by atoms with Gasteiger partial charge in [0.25, 0.3) is 5.67 Å². The molecular weight excluding hydrogens is 470 g/mol. The quantitative estimate of drug-likeness (QED) is 0.472. The van der Waals surface area contributed by atoms with E-state index in [2.05, 4.69) is 4.74 Å². The summed E-state index contributed by atoms with van der Waals surface area (Å²) in [6.07, 6.45) is -37.6. The SMILES string of the molecule is OCC(CC(F)(C(F)(F)F)C(F)(F)F)OCC(O)CCC(F)(C(F)(F)F)C(F)(F)F. The molecule has 0 aromatic rings. The highest BCUT2D eigenvalue weighted by molar-refractivity contribution is 4.97. The Morgan fingerprint density at radius 1 is 0.633 bits per heavy atom. The summed E-state index contributed by atoms with van der Waals surface area (Å²) in [5.41, 5.74) is -11.6. The average molecular weight is 484 g/mol. The van der Waals surface area contributed by atoms with Crippen LogP contribution in [0.15, 0.2) is 0 Å². The minimum Gasteiger partial charge on any atom is -0.394 e. The Morgan fingerprint density at radius 2 is 1.00 bits per heavy atom. The van der Waals surface area contributed by atoms with Crippen LogP contribution in [0.3, 0.4) is 0 Å². The minimum absolute atomic E-state index is 1.52. The van der Waals surface area contributed by atoms with Gasteiger partial charge in [-0.2, -0.15) is 52.7 Å². The van der Waals surface area contributed by atoms with Crippen molar-refractivity contribution < 1.29 is 76.4 Å². The molecule has 0 rings (SSSR count). The lowest BCUT2D eigenvalue weighted by molar-refractivity contribution is -0.349. The van der Waals surface area contributed by atoms with Gasteiger partial charge in [-0.3, -0.25) is 0 Å². The van der Waals surface area contributed by atoms with Crippen LogP contribution in [0.1, 0.15) is 19.3 Å². The summed E-state index contributed by atoms with van der Waals surface area (Å²) in [5, 5.41) is 18.0. The van der Waals surface area contributed by atoms with Crippen LogP contribution < -0.4 is 0 Å². The van der Waals surface area contributed by atoms with Gasteiger partial charge in [0.15, 0.2) is 0 Å². The van der Waals surface area contributed by atoms with Crippen molar-refractivity contribution in [3.63, 3.8) is 0 Å². The lowest BCUT2D eigenvalue weighted by Gasteiger charge is -2.33. The maximum absolute atomic E-state index is 13.5. The first-order valence-corrected chi connectivity index (χ1v) is 7.58. The number of alkyl halides is 14. The predicted molar refractivity (Wildman–Crippen MR) is 68.6 cm³/mol. The highest BCUT2D eigenvalue weighted by Gasteiger charge is 2.73. The highest BCUT2D eigenvalue weighted by Crippen LogP contribution is 2.50.